The van der Waals surface area contributed by atoms with Gasteiger partial charge in [0, 0.05) is 12.3 Å². The van der Waals surface area contributed by atoms with Crippen LogP contribution in [0.4, 0.5) is 14.6 Å². The predicted octanol–water partition coefficient (Wildman–Crippen LogP) is 2.52. The van der Waals surface area contributed by atoms with Crippen LogP contribution >= 0.6 is 0 Å². The molecule has 2 N–H and O–H groups in total. The lowest BCUT2D eigenvalue weighted by atomic mass is 10.3. The van der Waals surface area contributed by atoms with Gasteiger partial charge in [0.25, 0.3) is 0 Å². The summed E-state index contributed by atoms with van der Waals surface area (Å²) in [6.07, 6.45) is 1.52. The van der Waals surface area contributed by atoms with E-state index in [9.17, 15) is 8.78 Å². The van der Waals surface area contributed by atoms with Crippen LogP contribution in [0.1, 0.15) is 5.56 Å². The van der Waals surface area contributed by atoms with Gasteiger partial charge < -0.3 is 10.5 Å². The van der Waals surface area contributed by atoms with Crippen LogP contribution in [0.25, 0.3) is 0 Å². The van der Waals surface area contributed by atoms with Crippen LogP contribution in [0, 0.1) is 11.6 Å². The fourth-order valence-electron chi connectivity index (χ4n) is 1.33. The summed E-state index contributed by atoms with van der Waals surface area (Å²) < 4.78 is 31.2. The Morgan fingerprint density at radius 1 is 1.18 bits per heavy atom. The van der Waals surface area contributed by atoms with Gasteiger partial charge in [-0.15, -0.1) is 0 Å². The van der Waals surface area contributed by atoms with Crippen molar-refractivity contribution in [2.45, 2.75) is 6.61 Å². The van der Waals surface area contributed by atoms with Crippen molar-refractivity contribution in [1.29, 1.82) is 0 Å². The molecule has 0 aliphatic heterocycles. The van der Waals surface area contributed by atoms with E-state index in [-0.39, 0.29) is 12.4 Å². The highest BCUT2D eigenvalue weighted by Gasteiger charge is 2.05. The zero-order chi connectivity index (χ0) is 12.3. The third-order valence-electron chi connectivity index (χ3n) is 2.13. The van der Waals surface area contributed by atoms with Gasteiger partial charge in [0.15, 0.2) is 11.6 Å². The topological polar surface area (TPSA) is 48.1 Å². The Balaban J connectivity index is 2.09. The molecule has 3 nitrogen and oxygen atoms in total. The largest absolute Gasteiger partial charge is 0.486 e. The number of ether oxygens (including phenoxy) is 1. The van der Waals surface area contributed by atoms with Gasteiger partial charge in [-0.1, -0.05) is 0 Å². The van der Waals surface area contributed by atoms with Crippen molar-refractivity contribution in [3.63, 3.8) is 0 Å². The number of aromatic nitrogens is 1. The summed E-state index contributed by atoms with van der Waals surface area (Å²) >= 11 is 0. The lowest BCUT2D eigenvalue weighted by Crippen LogP contribution is -1.99. The van der Waals surface area contributed by atoms with Gasteiger partial charge in [-0.3, -0.25) is 0 Å². The zero-order valence-electron chi connectivity index (χ0n) is 8.86. The number of rotatable bonds is 3. The van der Waals surface area contributed by atoms with Crippen LogP contribution in [0.5, 0.6) is 5.75 Å². The number of halogens is 2. The minimum absolute atomic E-state index is 0.104. The molecule has 17 heavy (non-hydrogen) atoms. The van der Waals surface area contributed by atoms with Crippen LogP contribution in [0.2, 0.25) is 0 Å². The van der Waals surface area contributed by atoms with Crippen molar-refractivity contribution >= 4 is 5.82 Å². The molecule has 2 rings (SSSR count). The normalized spacial score (nSPS) is 10.2. The lowest BCUT2D eigenvalue weighted by molar-refractivity contribution is 0.288. The molecule has 88 valence electrons. The van der Waals surface area contributed by atoms with E-state index in [0.717, 1.165) is 23.8 Å². The quantitative estimate of drug-likeness (QED) is 0.890. The van der Waals surface area contributed by atoms with Crippen LogP contribution in [0.15, 0.2) is 36.5 Å². The van der Waals surface area contributed by atoms with Gasteiger partial charge >= 0.3 is 0 Å². The van der Waals surface area contributed by atoms with Gasteiger partial charge in [0.05, 0.1) is 0 Å². The number of benzene rings is 1. The molecule has 0 aliphatic carbocycles. The second-order valence-corrected chi connectivity index (χ2v) is 3.45. The highest BCUT2D eigenvalue weighted by Crippen LogP contribution is 2.19. The molecule has 5 heteroatoms. The monoisotopic (exact) mass is 236 g/mol. The zero-order valence-corrected chi connectivity index (χ0v) is 8.86. The number of hydrogen-bond donors (Lipinski definition) is 1. The summed E-state index contributed by atoms with van der Waals surface area (Å²) in [6.45, 7) is 0.104. The molecule has 1 heterocycles. The summed E-state index contributed by atoms with van der Waals surface area (Å²) in [7, 11) is 0. The van der Waals surface area contributed by atoms with Gasteiger partial charge in [0.1, 0.15) is 18.2 Å². The summed E-state index contributed by atoms with van der Waals surface area (Å²) in [6, 6.07) is 6.35. The Morgan fingerprint density at radius 2 is 2.00 bits per heavy atom. The second-order valence-electron chi connectivity index (χ2n) is 3.45. The first-order valence-electron chi connectivity index (χ1n) is 4.93. The Kier molecular flexibility index (Phi) is 3.18. The van der Waals surface area contributed by atoms with E-state index in [1.165, 1.54) is 6.20 Å². The summed E-state index contributed by atoms with van der Waals surface area (Å²) in [5.74, 6) is -0.921. The van der Waals surface area contributed by atoms with E-state index in [1.54, 1.807) is 12.1 Å². The number of nitrogen functional groups attached to an aromatic ring is 1. The highest BCUT2D eigenvalue weighted by atomic mass is 19.1. The van der Waals surface area contributed by atoms with Crippen LogP contribution < -0.4 is 10.5 Å². The van der Waals surface area contributed by atoms with Crippen molar-refractivity contribution in [3.8, 4) is 5.75 Å². The molecule has 0 saturated heterocycles. The highest BCUT2D eigenvalue weighted by molar-refractivity contribution is 5.32. The Bertz CT molecular complexity index is 532. The van der Waals surface area contributed by atoms with Crippen LogP contribution in [-0.2, 0) is 6.61 Å². The molecule has 0 fully saturated rings. The van der Waals surface area contributed by atoms with E-state index >= 15 is 0 Å². The van der Waals surface area contributed by atoms with Crippen molar-refractivity contribution in [2.24, 2.45) is 0 Å². The van der Waals surface area contributed by atoms with Crippen molar-refractivity contribution in [1.82, 2.24) is 4.98 Å². The maximum atomic E-state index is 13.2. The maximum absolute atomic E-state index is 13.2. The molecule has 0 radical (unpaired) electrons. The maximum Gasteiger partial charge on any atom is 0.165 e. The molecule has 0 unspecified atom stereocenters. The van der Waals surface area contributed by atoms with Crippen molar-refractivity contribution in [2.75, 3.05) is 5.73 Å². The SMILES string of the molecule is Nc1cc(COc2cc(F)ccc2F)ccn1. The van der Waals surface area contributed by atoms with Crippen molar-refractivity contribution in [3.05, 3.63) is 53.7 Å². The predicted molar refractivity (Wildman–Crippen MR) is 59.3 cm³/mol. The van der Waals surface area contributed by atoms with Crippen molar-refractivity contribution < 1.29 is 13.5 Å². The van der Waals surface area contributed by atoms with Crippen LogP contribution in [0.3, 0.4) is 0 Å². The summed E-state index contributed by atoms with van der Waals surface area (Å²) in [5, 5.41) is 0. The van der Waals surface area contributed by atoms with Gasteiger partial charge in [-0.2, -0.15) is 0 Å². The Hall–Kier alpha value is -2.17. The first kappa shape index (κ1) is 11.3. The molecule has 0 spiro atoms. The molecule has 0 atom stereocenters. The molecule has 0 amide bonds. The number of pyridine rings is 1. The standard InChI is InChI=1S/C12H10F2N2O/c13-9-1-2-10(14)11(6-9)17-7-8-3-4-16-12(15)5-8/h1-6H,7H2,(H2,15,16). The lowest BCUT2D eigenvalue weighted by Gasteiger charge is -2.07. The summed E-state index contributed by atoms with van der Waals surface area (Å²) in [5.41, 5.74) is 6.22. The smallest absolute Gasteiger partial charge is 0.165 e. The van der Waals surface area contributed by atoms with E-state index in [0.29, 0.717) is 5.82 Å². The summed E-state index contributed by atoms with van der Waals surface area (Å²) in [4.78, 5) is 3.81. The first-order chi connectivity index (χ1) is 8.15. The fraction of sp³-hybridized carbons (Fsp3) is 0.0833. The van der Waals surface area contributed by atoms with Crippen LogP contribution in [-0.4, -0.2) is 4.98 Å². The van der Waals surface area contributed by atoms with E-state index < -0.39 is 11.6 Å². The molecular weight excluding hydrogens is 226 g/mol. The molecule has 0 saturated carbocycles. The average molecular weight is 236 g/mol. The van der Waals surface area contributed by atoms with Gasteiger partial charge in [-0.05, 0) is 29.8 Å². The van der Waals surface area contributed by atoms with Gasteiger partial charge in [0.2, 0.25) is 0 Å². The third kappa shape index (κ3) is 2.90. The number of anilines is 1. The average Bonchev–Trinajstić information content (AvgIpc) is 2.30. The Morgan fingerprint density at radius 3 is 2.76 bits per heavy atom. The third-order valence-corrected chi connectivity index (χ3v) is 2.13. The minimum atomic E-state index is -0.603. The molecule has 1 aromatic carbocycles. The Labute approximate surface area is 96.9 Å². The number of nitrogens with zero attached hydrogens (tertiary/aromatic N) is 1. The fourth-order valence-corrected chi connectivity index (χ4v) is 1.33. The van der Waals surface area contributed by atoms with E-state index in [1.807, 2.05) is 0 Å². The molecule has 2 aromatic rings. The van der Waals surface area contributed by atoms with E-state index in [4.69, 9.17) is 10.5 Å². The first-order valence-corrected chi connectivity index (χ1v) is 4.93. The molecule has 1 aromatic heterocycles. The van der Waals surface area contributed by atoms with E-state index in [2.05, 4.69) is 4.98 Å². The number of hydrogen-bond acceptors (Lipinski definition) is 3. The van der Waals surface area contributed by atoms with Gasteiger partial charge in [-0.25, -0.2) is 13.8 Å². The number of nitrogens with two attached hydrogens (primary N) is 1. The minimum Gasteiger partial charge on any atom is -0.486 e. The molecule has 0 aliphatic rings. The molecular formula is C12H10F2N2O. The molecule has 0 bridgehead atoms. The second kappa shape index (κ2) is 4.78.